The summed E-state index contributed by atoms with van der Waals surface area (Å²) in [6.07, 6.45) is 0.744. The Morgan fingerprint density at radius 2 is 1.78 bits per heavy atom. The largest absolute Gasteiger partial charge is 0.372 e. The standard InChI is InChI=1S/C25H29FN4O2/c1-4-29(5-2)21-12-13-22(18(3)17-21)27-24(31)7-6-16-30-25(32)15-14-23(28-30)19-8-10-20(26)11-9-19/h8-15,17H,4-7,16H2,1-3H3,(H,27,31). The summed E-state index contributed by atoms with van der Waals surface area (Å²) in [5, 5.41) is 7.31. The van der Waals surface area contributed by atoms with E-state index in [-0.39, 0.29) is 23.7 Å². The zero-order valence-corrected chi connectivity index (χ0v) is 18.8. The highest BCUT2D eigenvalue weighted by Gasteiger charge is 2.09. The Balaban J connectivity index is 1.59. The van der Waals surface area contributed by atoms with Crippen molar-refractivity contribution in [1.29, 1.82) is 0 Å². The number of rotatable bonds is 9. The molecule has 168 valence electrons. The van der Waals surface area contributed by atoms with Crippen LogP contribution in [0.15, 0.2) is 59.4 Å². The molecule has 0 radical (unpaired) electrons. The molecular formula is C25H29FN4O2. The first-order valence-electron chi connectivity index (χ1n) is 10.9. The fraction of sp³-hybridized carbons (Fsp3) is 0.320. The molecule has 7 heteroatoms. The van der Waals surface area contributed by atoms with Crippen molar-refractivity contribution in [2.24, 2.45) is 0 Å². The molecule has 0 spiro atoms. The Bertz CT molecular complexity index is 1120. The van der Waals surface area contributed by atoms with Gasteiger partial charge in [-0.25, -0.2) is 9.07 Å². The molecule has 0 saturated heterocycles. The third-order valence-electron chi connectivity index (χ3n) is 5.39. The Kier molecular flexibility index (Phi) is 7.76. The van der Waals surface area contributed by atoms with Crippen molar-refractivity contribution in [3.8, 4) is 11.3 Å². The van der Waals surface area contributed by atoms with Crippen LogP contribution in [0.25, 0.3) is 11.3 Å². The van der Waals surface area contributed by atoms with E-state index in [0.717, 1.165) is 35.6 Å². The molecule has 3 aromatic rings. The summed E-state index contributed by atoms with van der Waals surface area (Å²) in [5.41, 5.74) is 4.00. The summed E-state index contributed by atoms with van der Waals surface area (Å²) in [6.45, 7) is 8.39. The normalized spacial score (nSPS) is 10.8. The first kappa shape index (κ1) is 23.2. The minimum Gasteiger partial charge on any atom is -0.372 e. The molecule has 1 aromatic heterocycles. The molecular weight excluding hydrogens is 407 g/mol. The van der Waals surface area contributed by atoms with E-state index in [0.29, 0.717) is 18.7 Å². The van der Waals surface area contributed by atoms with Crippen LogP contribution in [0, 0.1) is 12.7 Å². The van der Waals surface area contributed by atoms with Gasteiger partial charge in [0.25, 0.3) is 5.56 Å². The number of aromatic nitrogens is 2. The zero-order valence-electron chi connectivity index (χ0n) is 18.8. The molecule has 0 aliphatic rings. The number of carbonyl (C=O) groups is 1. The van der Waals surface area contributed by atoms with Gasteiger partial charge >= 0.3 is 0 Å². The van der Waals surface area contributed by atoms with E-state index in [1.807, 2.05) is 19.1 Å². The fourth-order valence-electron chi connectivity index (χ4n) is 3.56. The summed E-state index contributed by atoms with van der Waals surface area (Å²) < 4.78 is 14.5. The minimum atomic E-state index is -0.328. The van der Waals surface area contributed by atoms with Crippen molar-refractivity contribution in [3.05, 3.63) is 76.3 Å². The van der Waals surface area contributed by atoms with Crippen molar-refractivity contribution >= 4 is 17.3 Å². The van der Waals surface area contributed by atoms with E-state index < -0.39 is 0 Å². The van der Waals surface area contributed by atoms with Gasteiger partial charge in [0.1, 0.15) is 5.82 Å². The highest BCUT2D eigenvalue weighted by Crippen LogP contribution is 2.23. The summed E-state index contributed by atoms with van der Waals surface area (Å²) in [4.78, 5) is 26.8. The number of halogens is 1. The summed E-state index contributed by atoms with van der Waals surface area (Å²) in [5.74, 6) is -0.433. The van der Waals surface area contributed by atoms with E-state index >= 15 is 0 Å². The van der Waals surface area contributed by atoms with Gasteiger partial charge in [-0.2, -0.15) is 5.10 Å². The maximum atomic E-state index is 13.1. The quantitative estimate of drug-likeness (QED) is 0.531. The molecule has 0 unspecified atom stereocenters. The average molecular weight is 437 g/mol. The molecule has 1 amide bonds. The molecule has 1 heterocycles. The van der Waals surface area contributed by atoms with Crippen LogP contribution in [0.1, 0.15) is 32.3 Å². The summed E-state index contributed by atoms with van der Waals surface area (Å²) in [6, 6.07) is 15.0. The van der Waals surface area contributed by atoms with E-state index in [9.17, 15) is 14.0 Å². The van der Waals surface area contributed by atoms with Gasteiger partial charge in [-0.1, -0.05) is 0 Å². The molecule has 0 saturated carbocycles. The van der Waals surface area contributed by atoms with E-state index in [2.05, 4.69) is 35.2 Å². The van der Waals surface area contributed by atoms with Crippen molar-refractivity contribution in [2.45, 2.75) is 40.2 Å². The van der Waals surface area contributed by atoms with Crippen LogP contribution in [0.3, 0.4) is 0 Å². The topological polar surface area (TPSA) is 67.2 Å². The molecule has 32 heavy (non-hydrogen) atoms. The first-order chi connectivity index (χ1) is 15.4. The third-order valence-corrected chi connectivity index (χ3v) is 5.39. The zero-order chi connectivity index (χ0) is 23.1. The first-order valence-corrected chi connectivity index (χ1v) is 10.9. The highest BCUT2D eigenvalue weighted by molar-refractivity contribution is 5.91. The van der Waals surface area contributed by atoms with Crippen LogP contribution >= 0.6 is 0 Å². The number of carbonyl (C=O) groups excluding carboxylic acids is 1. The fourth-order valence-corrected chi connectivity index (χ4v) is 3.56. The van der Waals surface area contributed by atoms with Crippen LogP contribution in [0.4, 0.5) is 15.8 Å². The Morgan fingerprint density at radius 1 is 1.06 bits per heavy atom. The lowest BCUT2D eigenvalue weighted by molar-refractivity contribution is -0.116. The molecule has 3 rings (SSSR count). The predicted octanol–water partition coefficient (Wildman–Crippen LogP) is 4.62. The molecule has 6 nitrogen and oxygen atoms in total. The average Bonchev–Trinajstić information content (AvgIpc) is 2.78. The molecule has 0 bridgehead atoms. The van der Waals surface area contributed by atoms with Gasteiger partial charge in [0, 0.05) is 49.1 Å². The van der Waals surface area contributed by atoms with Gasteiger partial charge in [0.2, 0.25) is 5.91 Å². The van der Waals surface area contributed by atoms with Gasteiger partial charge in [0.05, 0.1) is 5.69 Å². The second-order valence-electron chi connectivity index (χ2n) is 7.61. The Labute approximate surface area is 187 Å². The number of nitrogens with zero attached hydrogens (tertiary/aromatic N) is 3. The second-order valence-corrected chi connectivity index (χ2v) is 7.61. The van der Waals surface area contributed by atoms with Crippen molar-refractivity contribution in [1.82, 2.24) is 9.78 Å². The SMILES string of the molecule is CCN(CC)c1ccc(NC(=O)CCCn2nc(-c3ccc(F)cc3)ccc2=O)c(C)c1. The number of anilines is 2. The molecule has 1 N–H and O–H groups in total. The number of amides is 1. The van der Waals surface area contributed by atoms with E-state index in [4.69, 9.17) is 0 Å². The smallest absolute Gasteiger partial charge is 0.266 e. The van der Waals surface area contributed by atoms with Gasteiger partial charge in [0.15, 0.2) is 0 Å². The number of benzene rings is 2. The number of hydrogen-bond donors (Lipinski definition) is 1. The summed E-state index contributed by atoms with van der Waals surface area (Å²) in [7, 11) is 0. The van der Waals surface area contributed by atoms with Crippen molar-refractivity contribution in [3.63, 3.8) is 0 Å². The highest BCUT2D eigenvalue weighted by atomic mass is 19.1. The van der Waals surface area contributed by atoms with Crippen LogP contribution in [0.5, 0.6) is 0 Å². The molecule has 0 atom stereocenters. The Morgan fingerprint density at radius 3 is 2.44 bits per heavy atom. The number of aryl methyl sites for hydroxylation is 2. The van der Waals surface area contributed by atoms with E-state index in [1.54, 1.807) is 18.2 Å². The van der Waals surface area contributed by atoms with Crippen molar-refractivity contribution in [2.75, 3.05) is 23.3 Å². The predicted molar refractivity (Wildman–Crippen MR) is 126 cm³/mol. The lowest BCUT2D eigenvalue weighted by Gasteiger charge is -2.22. The number of hydrogen-bond acceptors (Lipinski definition) is 4. The minimum absolute atomic E-state index is 0.105. The lowest BCUT2D eigenvalue weighted by Crippen LogP contribution is -2.23. The maximum Gasteiger partial charge on any atom is 0.266 e. The van der Waals surface area contributed by atoms with Gasteiger partial charge in [-0.05, 0) is 81.3 Å². The van der Waals surface area contributed by atoms with Gasteiger partial charge in [-0.3, -0.25) is 9.59 Å². The van der Waals surface area contributed by atoms with Crippen LogP contribution in [0.2, 0.25) is 0 Å². The van der Waals surface area contributed by atoms with Gasteiger partial charge < -0.3 is 10.2 Å². The molecule has 2 aromatic carbocycles. The maximum absolute atomic E-state index is 13.1. The summed E-state index contributed by atoms with van der Waals surface area (Å²) >= 11 is 0. The van der Waals surface area contributed by atoms with Crippen molar-refractivity contribution < 1.29 is 9.18 Å². The lowest BCUT2D eigenvalue weighted by atomic mass is 10.1. The van der Waals surface area contributed by atoms with Crippen LogP contribution < -0.4 is 15.8 Å². The Hall–Kier alpha value is -3.48. The third kappa shape index (κ3) is 5.81. The molecule has 0 aliphatic carbocycles. The van der Waals surface area contributed by atoms with Gasteiger partial charge in [-0.15, -0.1) is 0 Å². The van der Waals surface area contributed by atoms with Crippen LogP contribution in [-0.4, -0.2) is 28.8 Å². The van der Waals surface area contributed by atoms with E-state index in [1.165, 1.54) is 22.9 Å². The monoisotopic (exact) mass is 436 g/mol. The number of nitrogens with one attached hydrogen (secondary N) is 1. The molecule has 0 fully saturated rings. The van der Waals surface area contributed by atoms with Crippen LogP contribution in [-0.2, 0) is 11.3 Å². The second kappa shape index (κ2) is 10.7. The molecule has 0 aliphatic heterocycles.